The summed E-state index contributed by atoms with van der Waals surface area (Å²) in [5, 5.41) is 4.74. The van der Waals surface area contributed by atoms with Crippen molar-refractivity contribution in [3.8, 4) is 33.7 Å². The van der Waals surface area contributed by atoms with E-state index < -0.39 is 0 Å². The molecular formula is C47H30N2OS. The minimum Gasteiger partial charge on any atom is -0.435 e. The van der Waals surface area contributed by atoms with Crippen LogP contribution >= 0.6 is 11.3 Å². The maximum Gasteiger partial charge on any atom is 0.227 e. The van der Waals surface area contributed by atoms with E-state index in [1.54, 1.807) is 0 Å². The first kappa shape index (κ1) is 29.4. The Morgan fingerprint density at radius 1 is 0.471 bits per heavy atom. The van der Waals surface area contributed by atoms with Crippen LogP contribution in [0, 0.1) is 0 Å². The number of anilines is 3. The predicted molar refractivity (Wildman–Crippen MR) is 215 cm³/mol. The van der Waals surface area contributed by atoms with Crippen molar-refractivity contribution in [2.75, 3.05) is 4.90 Å². The number of thiophene rings is 1. The molecule has 10 rings (SSSR count). The monoisotopic (exact) mass is 670 g/mol. The van der Waals surface area contributed by atoms with E-state index in [0.29, 0.717) is 5.89 Å². The van der Waals surface area contributed by atoms with Crippen LogP contribution in [0.1, 0.15) is 0 Å². The molecule has 3 nitrogen and oxygen atoms in total. The topological polar surface area (TPSA) is 29.3 Å². The maximum absolute atomic E-state index is 6.52. The number of rotatable bonds is 6. The molecule has 0 bridgehead atoms. The lowest BCUT2D eigenvalue weighted by Crippen LogP contribution is -2.09. The summed E-state index contributed by atoms with van der Waals surface area (Å²) in [6, 6.07) is 64.5. The average Bonchev–Trinajstić information content (AvgIpc) is 3.81. The molecule has 51 heavy (non-hydrogen) atoms. The van der Waals surface area contributed by atoms with Gasteiger partial charge in [-0.3, -0.25) is 0 Å². The summed E-state index contributed by atoms with van der Waals surface area (Å²) >= 11 is 1.81. The molecule has 2 aromatic heterocycles. The number of aromatic nitrogens is 1. The highest BCUT2D eigenvalue weighted by atomic mass is 32.1. The molecule has 10 aromatic rings. The number of hydrogen-bond acceptors (Lipinski definition) is 4. The molecule has 240 valence electrons. The fraction of sp³-hybridized carbons (Fsp3) is 0. The zero-order valence-electron chi connectivity index (χ0n) is 27.5. The SMILES string of the molecule is c1ccc(-c2ccc3cc(N(c4ccccc4)c4ccc(-c5cc6nc(-c7ccccc7)oc6c6c5sc5ccccc56)cc4)ccc3c2)cc1. The molecule has 0 fully saturated rings. The van der Waals surface area contributed by atoms with Crippen molar-refractivity contribution < 1.29 is 4.42 Å². The summed E-state index contributed by atoms with van der Waals surface area (Å²) in [7, 11) is 0. The van der Waals surface area contributed by atoms with Gasteiger partial charge in [0.15, 0.2) is 5.58 Å². The smallest absolute Gasteiger partial charge is 0.227 e. The molecule has 0 radical (unpaired) electrons. The van der Waals surface area contributed by atoms with Gasteiger partial charge in [-0.05, 0) is 94.2 Å². The molecule has 0 aliphatic rings. The number of para-hydroxylation sites is 1. The van der Waals surface area contributed by atoms with Crippen molar-refractivity contribution in [3.63, 3.8) is 0 Å². The Bertz CT molecular complexity index is 2840. The van der Waals surface area contributed by atoms with Crippen molar-refractivity contribution in [3.05, 3.63) is 182 Å². The second-order valence-corrected chi connectivity index (χ2v) is 13.8. The van der Waals surface area contributed by atoms with Gasteiger partial charge in [-0.25, -0.2) is 4.98 Å². The standard InChI is InChI=1S/C47H30N2OS/c1-4-12-31(13-5-1)34-20-21-36-29-39(27-24-35(36)28-34)49(37-16-8-3-9-17-37)38-25-22-32(23-26-38)41-30-42-45(50-47(48-42)33-14-6-2-7-15-33)44-40-18-10-11-19-43(40)51-46(41)44/h1-30H. The van der Waals surface area contributed by atoms with Crippen molar-refractivity contribution >= 4 is 70.4 Å². The zero-order chi connectivity index (χ0) is 33.7. The lowest BCUT2D eigenvalue weighted by molar-refractivity contribution is 0.623. The molecule has 0 aliphatic heterocycles. The second-order valence-electron chi connectivity index (χ2n) is 12.8. The summed E-state index contributed by atoms with van der Waals surface area (Å²) in [6.45, 7) is 0. The molecule has 0 aliphatic carbocycles. The lowest BCUT2D eigenvalue weighted by atomic mass is 10.00. The van der Waals surface area contributed by atoms with Crippen LogP contribution in [0.4, 0.5) is 17.1 Å². The van der Waals surface area contributed by atoms with Gasteiger partial charge in [0.25, 0.3) is 0 Å². The van der Waals surface area contributed by atoms with Crippen LogP contribution < -0.4 is 4.90 Å². The normalized spacial score (nSPS) is 11.5. The number of hydrogen-bond donors (Lipinski definition) is 0. The fourth-order valence-electron chi connectivity index (χ4n) is 7.19. The molecule has 0 spiro atoms. The van der Waals surface area contributed by atoms with Crippen molar-refractivity contribution in [1.29, 1.82) is 0 Å². The van der Waals surface area contributed by atoms with E-state index in [4.69, 9.17) is 9.40 Å². The highest BCUT2D eigenvalue weighted by Gasteiger charge is 2.20. The van der Waals surface area contributed by atoms with Gasteiger partial charge in [-0.15, -0.1) is 11.3 Å². The summed E-state index contributed by atoms with van der Waals surface area (Å²) < 4.78 is 8.96. The lowest BCUT2D eigenvalue weighted by Gasteiger charge is -2.26. The number of oxazole rings is 1. The van der Waals surface area contributed by atoms with E-state index >= 15 is 0 Å². The molecular weight excluding hydrogens is 641 g/mol. The highest BCUT2D eigenvalue weighted by molar-refractivity contribution is 7.26. The van der Waals surface area contributed by atoms with E-state index in [1.807, 2.05) is 41.7 Å². The van der Waals surface area contributed by atoms with Crippen LogP contribution in [0.5, 0.6) is 0 Å². The maximum atomic E-state index is 6.52. The zero-order valence-corrected chi connectivity index (χ0v) is 28.3. The van der Waals surface area contributed by atoms with E-state index in [2.05, 4.69) is 157 Å². The molecule has 0 saturated heterocycles. The summed E-state index contributed by atoms with van der Waals surface area (Å²) in [6.07, 6.45) is 0. The van der Waals surface area contributed by atoms with Crippen LogP contribution in [-0.2, 0) is 0 Å². The van der Waals surface area contributed by atoms with Gasteiger partial charge in [-0.2, -0.15) is 0 Å². The Hall–Kier alpha value is -6.49. The van der Waals surface area contributed by atoms with E-state index in [1.165, 1.54) is 36.7 Å². The first-order valence-electron chi connectivity index (χ1n) is 17.1. The summed E-state index contributed by atoms with van der Waals surface area (Å²) in [5.41, 5.74) is 10.7. The highest BCUT2D eigenvalue weighted by Crippen LogP contribution is 2.46. The van der Waals surface area contributed by atoms with Crippen molar-refractivity contribution in [2.45, 2.75) is 0 Å². The second kappa shape index (κ2) is 12.1. The largest absolute Gasteiger partial charge is 0.435 e. The first-order chi connectivity index (χ1) is 25.3. The van der Waals surface area contributed by atoms with Gasteiger partial charge in [0.1, 0.15) is 5.52 Å². The van der Waals surface area contributed by atoms with Crippen molar-refractivity contribution in [2.24, 2.45) is 0 Å². The van der Waals surface area contributed by atoms with E-state index in [-0.39, 0.29) is 0 Å². The molecule has 0 saturated carbocycles. The Morgan fingerprint density at radius 3 is 1.86 bits per heavy atom. The fourth-order valence-corrected chi connectivity index (χ4v) is 8.43. The van der Waals surface area contributed by atoms with Gasteiger partial charge in [0.05, 0.1) is 0 Å². The first-order valence-corrected chi connectivity index (χ1v) is 17.9. The number of fused-ring (bicyclic) bond motifs is 6. The number of nitrogens with zero attached hydrogens (tertiary/aromatic N) is 2. The Labute approximate surface area is 299 Å². The van der Waals surface area contributed by atoms with Gasteiger partial charge < -0.3 is 9.32 Å². The summed E-state index contributed by atoms with van der Waals surface area (Å²) in [4.78, 5) is 7.34. The average molecular weight is 671 g/mol. The number of benzene rings is 8. The molecule has 0 N–H and O–H groups in total. The molecule has 0 unspecified atom stereocenters. The molecule has 4 heteroatoms. The molecule has 0 amide bonds. The van der Waals surface area contributed by atoms with Crippen LogP contribution in [0.25, 0.3) is 75.8 Å². The Kier molecular flexibility index (Phi) is 7.00. The third kappa shape index (κ3) is 5.16. The van der Waals surface area contributed by atoms with Gasteiger partial charge in [-0.1, -0.05) is 115 Å². The van der Waals surface area contributed by atoms with Gasteiger partial charge >= 0.3 is 0 Å². The van der Waals surface area contributed by atoms with E-state index in [0.717, 1.165) is 50.2 Å². The Balaban J connectivity index is 1.09. The minimum absolute atomic E-state index is 0.639. The molecule has 8 aromatic carbocycles. The predicted octanol–water partition coefficient (Wildman–Crippen LogP) is 13.8. The minimum atomic E-state index is 0.639. The van der Waals surface area contributed by atoms with Gasteiger partial charge in [0.2, 0.25) is 5.89 Å². The molecule has 0 atom stereocenters. The van der Waals surface area contributed by atoms with Gasteiger partial charge in [0, 0.05) is 48.4 Å². The third-order valence-electron chi connectivity index (χ3n) is 9.66. The third-order valence-corrected chi connectivity index (χ3v) is 10.9. The van der Waals surface area contributed by atoms with Crippen molar-refractivity contribution in [1.82, 2.24) is 4.98 Å². The summed E-state index contributed by atoms with van der Waals surface area (Å²) in [5.74, 6) is 0.639. The van der Waals surface area contributed by atoms with E-state index in [9.17, 15) is 0 Å². The van der Waals surface area contributed by atoms with Crippen LogP contribution in [0.15, 0.2) is 186 Å². The quantitative estimate of drug-likeness (QED) is 0.176. The van der Waals surface area contributed by atoms with Crippen LogP contribution in [-0.4, -0.2) is 4.98 Å². The molecule has 2 heterocycles. The van der Waals surface area contributed by atoms with Crippen LogP contribution in [0.2, 0.25) is 0 Å². The van der Waals surface area contributed by atoms with Crippen LogP contribution in [0.3, 0.4) is 0 Å². The Morgan fingerprint density at radius 2 is 1.08 bits per heavy atom.